The quantitative estimate of drug-likeness (QED) is 0.839. The van der Waals surface area contributed by atoms with E-state index in [0.29, 0.717) is 34.8 Å². The Hall–Kier alpha value is -1.26. The van der Waals surface area contributed by atoms with Crippen LogP contribution in [0.25, 0.3) is 0 Å². The number of likely N-dealkylation sites (tertiary alicyclic amines) is 1. The number of carbonyl (C=O) groups excluding carboxylic acids is 1. The van der Waals surface area contributed by atoms with E-state index in [1.54, 1.807) is 18.2 Å². The third-order valence-corrected chi connectivity index (χ3v) is 4.00. The molecule has 1 aromatic rings. The summed E-state index contributed by atoms with van der Waals surface area (Å²) in [6.45, 7) is 7.28. The van der Waals surface area contributed by atoms with E-state index in [2.05, 4.69) is 24.1 Å². The van der Waals surface area contributed by atoms with Crippen LogP contribution in [-0.4, -0.2) is 36.5 Å². The van der Waals surface area contributed by atoms with Gasteiger partial charge in [-0.25, -0.2) is 0 Å². The summed E-state index contributed by atoms with van der Waals surface area (Å²) in [6.07, 6.45) is 1.14. The lowest BCUT2D eigenvalue weighted by molar-refractivity contribution is 0.0947. The van der Waals surface area contributed by atoms with E-state index in [4.69, 9.17) is 17.3 Å². The molecule has 0 aromatic heterocycles. The molecular formula is C15H22ClN3O. The van der Waals surface area contributed by atoms with Gasteiger partial charge in [0, 0.05) is 35.4 Å². The van der Waals surface area contributed by atoms with Crippen molar-refractivity contribution in [3.63, 3.8) is 0 Å². The highest BCUT2D eigenvalue weighted by Gasteiger charge is 2.24. The molecular weight excluding hydrogens is 274 g/mol. The SMILES string of the molecule is CC(C)N1CCC(CNC(=O)c2cc(N)cc(Cl)c2)C1. The van der Waals surface area contributed by atoms with Gasteiger partial charge in [0.05, 0.1) is 0 Å². The highest BCUT2D eigenvalue weighted by molar-refractivity contribution is 6.31. The highest BCUT2D eigenvalue weighted by atomic mass is 35.5. The first-order valence-electron chi connectivity index (χ1n) is 7.04. The molecule has 1 atom stereocenters. The lowest BCUT2D eigenvalue weighted by Gasteiger charge is -2.20. The maximum absolute atomic E-state index is 12.1. The molecule has 1 aliphatic heterocycles. The fraction of sp³-hybridized carbons (Fsp3) is 0.533. The molecule has 0 saturated carbocycles. The second-order valence-corrected chi connectivity index (χ2v) is 6.16. The van der Waals surface area contributed by atoms with Crippen LogP contribution in [0, 0.1) is 5.92 Å². The fourth-order valence-corrected chi connectivity index (χ4v) is 2.82. The average molecular weight is 296 g/mol. The number of nitrogens with one attached hydrogen (secondary N) is 1. The first kappa shape index (κ1) is 15.1. The second kappa shape index (κ2) is 6.46. The zero-order valence-electron chi connectivity index (χ0n) is 12.0. The number of halogens is 1. The van der Waals surface area contributed by atoms with Crippen LogP contribution >= 0.6 is 11.6 Å². The van der Waals surface area contributed by atoms with Crippen molar-refractivity contribution < 1.29 is 4.79 Å². The van der Waals surface area contributed by atoms with Crippen molar-refractivity contribution >= 4 is 23.2 Å². The molecule has 1 fully saturated rings. The van der Waals surface area contributed by atoms with Gasteiger partial charge in [-0.15, -0.1) is 0 Å². The van der Waals surface area contributed by atoms with Gasteiger partial charge in [0.2, 0.25) is 0 Å². The van der Waals surface area contributed by atoms with Crippen LogP contribution in [0.4, 0.5) is 5.69 Å². The number of hydrogen-bond donors (Lipinski definition) is 2. The normalized spacial score (nSPS) is 19.5. The lowest BCUT2D eigenvalue weighted by atomic mass is 10.1. The van der Waals surface area contributed by atoms with Crippen molar-refractivity contribution in [1.82, 2.24) is 10.2 Å². The molecule has 1 amide bonds. The predicted molar refractivity (Wildman–Crippen MR) is 83.0 cm³/mol. The van der Waals surface area contributed by atoms with Crippen molar-refractivity contribution in [3.05, 3.63) is 28.8 Å². The summed E-state index contributed by atoms with van der Waals surface area (Å²) in [4.78, 5) is 14.5. The number of nitrogens with two attached hydrogens (primary N) is 1. The molecule has 20 heavy (non-hydrogen) atoms. The van der Waals surface area contributed by atoms with Gasteiger partial charge in [-0.1, -0.05) is 11.6 Å². The zero-order valence-corrected chi connectivity index (χ0v) is 12.8. The summed E-state index contributed by atoms with van der Waals surface area (Å²) in [5, 5.41) is 3.46. The number of benzene rings is 1. The minimum Gasteiger partial charge on any atom is -0.399 e. The van der Waals surface area contributed by atoms with Crippen LogP contribution in [0.3, 0.4) is 0 Å². The molecule has 1 unspecified atom stereocenters. The summed E-state index contributed by atoms with van der Waals surface area (Å²) in [7, 11) is 0. The van der Waals surface area contributed by atoms with Crippen molar-refractivity contribution in [2.75, 3.05) is 25.4 Å². The monoisotopic (exact) mass is 295 g/mol. The lowest BCUT2D eigenvalue weighted by Crippen LogP contribution is -2.33. The Balaban J connectivity index is 1.87. The van der Waals surface area contributed by atoms with Gasteiger partial charge in [-0.05, 0) is 50.9 Å². The smallest absolute Gasteiger partial charge is 0.251 e. The van der Waals surface area contributed by atoms with E-state index in [9.17, 15) is 4.79 Å². The van der Waals surface area contributed by atoms with E-state index in [-0.39, 0.29) is 5.91 Å². The molecule has 2 rings (SSSR count). The van der Waals surface area contributed by atoms with Gasteiger partial charge in [0.25, 0.3) is 5.91 Å². The minimum absolute atomic E-state index is 0.109. The van der Waals surface area contributed by atoms with Crippen molar-refractivity contribution in [1.29, 1.82) is 0 Å². The molecule has 1 saturated heterocycles. The first-order valence-corrected chi connectivity index (χ1v) is 7.42. The molecule has 0 radical (unpaired) electrons. The molecule has 1 aliphatic rings. The Morgan fingerprint density at radius 1 is 1.50 bits per heavy atom. The number of nitrogens with zero attached hydrogens (tertiary/aromatic N) is 1. The van der Waals surface area contributed by atoms with E-state index >= 15 is 0 Å². The molecule has 110 valence electrons. The van der Waals surface area contributed by atoms with Gasteiger partial charge >= 0.3 is 0 Å². The second-order valence-electron chi connectivity index (χ2n) is 5.73. The van der Waals surface area contributed by atoms with E-state index in [0.717, 1.165) is 19.5 Å². The largest absolute Gasteiger partial charge is 0.399 e. The predicted octanol–water partition coefficient (Wildman–Crippen LogP) is 2.38. The number of anilines is 1. The van der Waals surface area contributed by atoms with Crippen LogP contribution in [0.5, 0.6) is 0 Å². The van der Waals surface area contributed by atoms with Crippen LogP contribution in [0.15, 0.2) is 18.2 Å². The Kier molecular flexibility index (Phi) is 4.89. The number of amides is 1. The Morgan fingerprint density at radius 2 is 2.25 bits per heavy atom. The summed E-state index contributed by atoms with van der Waals surface area (Å²) >= 11 is 5.91. The van der Waals surface area contributed by atoms with E-state index in [1.807, 2.05) is 0 Å². The molecule has 5 heteroatoms. The number of hydrogen-bond acceptors (Lipinski definition) is 3. The van der Waals surface area contributed by atoms with E-state index in [1.165, 1.54) is 0 Å². The third kappa shape index (κ3) is 3.87. The standard InChI is InChI=1S/C15H22ClN3O/c1-10(2)19-4-3-11(9-19)8-18-15(20)12-5-13(16)7-14(17)6-12/h5-7,10-11H,3-4,8-9,17H2,1-2H3,(H,18,20). The van der Waals surface area contributed by atoms with Crippen LogP contribution in [-0.2, 0) is 0 Å². The van der Waals surface area contributed by atoms with Gasteiger partial charge < -0.3 is 16.0 Å². The molecule has 1 heterocycles. The topological polar surface area (TPSA) is 58.4 Å². The van der Waals surface area contributed by atoms with Gasteiger partial charge in [-0.3, -0.25) is 4.79 Å². The van der Waals surface area contributed by atoms with Crippen molar-refractivity contribution in [3.8, 4) is 0 Å². The zero-order chi connectivity index (χ0) is 14.7. The third-order valence-electron chi connectivity index (χ3n) is 3.78. The summed E-state index contributed by atoms with van der Waals surface area (Å²) in [5.74, 6) is 0.417. The summed E-state index contributed by atoms with van der Waals surface area (Å²) in [5.41, 5.74) is 6.73. The fourth-order valence-electron chi connectivity index (χ4n) is 2.58. The maximum Gasteiger partial charge on any atom is 0.251 e. The summed E-state index contributed by atoms with van der Waals surface area (Å²) < 4.78 is 0. The molecule has 4 nitrogen and oxygen atoms in total. The molecule has 0 bridgehead atoms. The van der Waals surface area contributed by atoms with Gasteiger partial charge in [-0.2, -0.15) is 0 Å². The van der Waals surface area contributed by atoms with Gasteiger partial charge in [0.1, 0.15) is 0 Å². The molecule has 0 aliphatic carbocycles. The Labute approximate surface area is 125 Å². The number of rotatable bonds is 4. The Bertz CT molecular complexity index is 470. The van der Waals surface area contributed by atoms with Crippen LogP contribution in [0.1, 0.15) is 30.6 Å². The minimum atomic E-state index is -0.109. The average Bonchev–Trinajstić information content (AvgIpc) is 2.83. The summed E-state index contributed by atoms with van der Waals surface area (Å²) in [6, 6.07) is 5.50. The number of nitrogen functional groups attached to an aromatic ring is 1. The van der Waals surface area contributed by atoms with Crippen molar-refractivity contribution in [2.45, 2.75) is 26.3 Å². The van der Waals surface area contributed by atoms with Crippen LogP contribution < -0.4 is 11.1 Å². The van der Waals surface area contributed by atoms with Crippen LogP contribution in [0.2, 0.25) is 5.02 Å². The molecule has 1 aromatic carbocycles. The van der Waals surface area contributed by atoms with E-state index < -0.39 is 0 Å². The number of carbonyl (C=O) groups is 1. The first-order chi connectivity index (χ1) is 9.45. The van der Waals surface area contributed by atoms with Crippen molar-refractivity contribution in [2.24, 2.45) is 5.92 Å². The molecule has 3 N–H and O–H groups in total. The maximum atomic E-state index is 12.1. The highest BCUT2D eigenvalue weighted by Crippen LogP contribution is 2.19. The Morgan fingerprint density at radius 3 is 2.85 bits per heavy atom. The molecule has 0 spiro atoms. The van der Waals surface area contributed by atoms with Gasteiger partial charge in [0.15, 0.2) is 0 Å².